The summed E-state index contributed by atoms with van der Waals surface area (Å²) in [5, 5.41) is 2.60. The van der Waals surface area contributed by atoms with Crippen LogP contribution >= 0.6 is 0 Å². The fourth-order valence-corrected chi connectivity index (χ4v) is 4.62. The van der Waals surface area contributed by atoms with Crippen LogP contribution in [0.1, 0.15) is 41.3 Å². The Morgan fingerprint density at radius 3 is 2.40 bits per heavy atom. The molecule has 0 atom stereocenters. The number of carbonyl (C=O) groups is 2. The Morgan fingerprint density at radius 1 is 1.00 bits per heavy atom. The van der Waals surface area contributed by atoms with Crippen LogP contribution in [0.3, 0.4) is 0 Å². The van der Waals surface area contributed by atoms with E-state index in [0.717, 1.165) is 17.7 Å². The van der Waals surface area contributed by atoms with Crippen LogP contribution in [-0.4, -0.2) is 30.3 Å². The molecule has 5 rings (SSSR count). The molecule has 3 aromatic carbocycles. The van der Waals surface area contributed by atoms with Crippen molar-refractivity contribution in [2.75, 3.05) is 13.7 Å². The number of benzene rings is 3. The Morgan fingerprint density at radius 2 is 1.75 bits per heavy atom. The third-order valence-corrected chi connectivity index (χ3v) is 6.82. The SMILES string of the molecule is CCOC(=O)c1cn(-c2ccc(OC)cc2F)c2cc(C3(NC(=O)OCc4ccccc4)CC3)c(F)cc2c1=O. The summed E-state index contributed by atoms with van der Waals surface area (Å²) in [6.07, 6.45) is 1.31. The molecule has 1 saturated carbocycles. The topological polar surface area (TPSA) is 95.9 Å². The molecule has 0 spiro atoms. The number of nitrogens with one attached hydrogen (secondary N) is 1. The zero-order chi connectivity index (χ0) is 28.4. The molecule has 0 radical (unpaired) electrons. The molecule has 0 saturated heterocycles. The quantitative estimate of drug-likeness (QED) is 0.298. The second-order valence-corrected chi connectivity index (χ2v) is 9.40. The van der Waals surface area contributed by atoms with Crippen molar-refractivity contribution in [3.8, 4) is 11.4 Å². The van der Waals surface area contributed by atoms with Crippen LogP contribution in [0.2, 0.25) is 0 Å². The molecule has 0 bridgehead atoms. The number of halogens is 2. The van der Waals surface area contributed by atoms with E-state index in [1.807, 2.05) is 30.3 Å². The van der Waals surface area contributed by atoms with Gasteiger partial charge in [-0.3, -0.25) is 4.79 Å². The van der Waals surface area contributed by atoms with Gasteiger partial charge in [0.05, 0.1) is 30.5 Å². The standard InChI is InChI=1S/C30H26F2N2O6/c1-3-39-28(36)21-16-34(25-10-9-19(38-2)13-24(25)32)26-15-22(23(31)14-20(26)27(21)35)30(11-12-30)33-29(37)40-17-18-7-5-4-6-8-18/h4-10,13-16H,3,11-12,17H2,1-2H3,(H,33,37). The van der Waals surface area contributed by atoms with Gasteiger partial charge in [0.25, 0.3) is 0 Å². The lowest BCUT2D eigenvalue weighted by atomic mass is 10.00. The minimum atomic E-state index is -1.06. The number of ether oxygens (including phenoxy) is 3. The summed E-state index contributed by atoms with van der Waals surface area (Å²) in [4.78, 5) is 38.5. The van der Waals surface area contributed by atoms with Crippen molar-refractivity contribution >= 4 is 23.0 Å². The highest BCUT2D eigenvalue weighted by Crippen LogP contribution is 2.47. The van der Waals surface area contributed by atoms with E-state index in [0.29, 0.717) is 12.8 Å². The number of rotatable bonds is 8. The summed E-state index contributed by atoms with van der Waals surface area (Å²) >= 11 is 0. The maximum atomic E-state index is 15.6. The largest absolute Gasteiger partial charge is 0.497 e. The molecule has 1 fully saturated rings. The van der Waals surface area contributed by atoms with Crippen LogP contribution in [0, 0.1) is 11.6 Å². The maximum absolute atomic E-state index is 15.6. The number of hydrogen-bond donors (Lipinski definition) is 1. The Hall–Kier alpha value is -4.73. The minimum absolute atomic E-state index is 0.00557. The third kappa shape index (κ3) is 5.12. The van der Waals surface area contributed by atoms with Crippen molar-refractivity contribution in [3.63, 3.8) is 0 Å². The zero-order valence-corrected chi connectivity index (χ0v) is 21.8. The number of alkyl carbamates (subject to hydrolysis) is 1. The zero-order valence-electron chi connectivity index (χ0n) is 21.8. The average Bonchev–Trinajstić information content (AvgIpc) is 3.73. The Labute approximate surface area is 228 Å². The summed E-state index contributed by atoms with van der Waals surface area (Å²) < 4.78 is 47.5. The minimum Gasteiger partial charge on any atom is -0.497 e. The van der Waals surface area contributed by atoms with E-state index in [9.17, 15) is 14.4 Å². The molecule has 0 unspecified atom stereocenters. The number of carbonyl (C=O) groups excluding carboxylic acids is 2. The number of amides is 1. The van der Waals surface area contributed by atoms with E-state index >= 15 is 8.78 Å². The molecule has 1 aromatic heterocycles. The molecule has 8 nitrogen and oxygen atoms in total. The first-order valence-electron chi connectivity index (χ1n) is 12.7. The van der Waals surface area contributed by atoms with Gasteiger partial charge in [0.2, 0.25) is 5.43 Å². The summed E-state index contributed by atoms with van der Waals surface area (Å²) in [6, 6.07) is 15.6. The maximum Gasteiger partial charge on any atom is 0.408 e. The second kappa shape index (κ2) is 10.8. The number of pyridine rings is 1. The Bertz CT molecular complexity index is 1660. The number of esters is 1. The van der Waals surface area contributed by atoms with Crippen LogP contribution in [0.4, 0.5) is 13.6 Å². The lowest BCUT2D eigenvalue weighted by molar-refractivity contribution is 0.0524. The number of nitrogens with zero attached hydrogens (tertiary/aromatic N) is 1. The van der Waals surface area contributed by atoms with Crippen LogP contribution in [-0.2, 0) is 21.6 Å². The normalized spacial score (nSPS) is 13.5. The predicted molar refractivity (Wildman–Crippen MR) is 143 cm³/mol. The van der Waals surface area contributed by atoms with Crippen LogP contribution in [0.25, 0.3) is 16.6 Å². The molecule has 4 aromatic rings. The van der Waals surface area contributed by atoms with E-state index in [1.54, 1.807) is 6.92 Å². The summed E-state index contributed by atoms with van der Waals surface area (Å²) in [5.41, 5.74) is -1.15. The van der Waals surface area contributed by atoms with Crippen molar-refractivity contribution in [1.29, 1.82) is 0 Å². The van der Waals surface area contributed by atoms with Gasteiger partial charge in [0.1, 0.15) is 23.7 Å². The Balaban J connectivity index is 1.59. The van der Waals surface area contributed by atoms with Gasteiger partial charge in [-0.1, -0.05) is 30.3 Å². The third-order valence-electron chi connectivity index (χ3n) is 6.82. The van der Waals surface area contributed by atoms with E-state index in [-0.39, 0.29) is 46.7 Å². The van der Waals surface area contributed by atoms with Gasteiger partial charge >= 0.3 is 12.1 Å². The van der Waals surface area contributed by atoms with Crippen molar-refractivity contribution in [3.05, 3.63) is 105 Å². The van der Waals surface area contributed by atoms with Crippen molar-refractivity contribution in [2.24, 2.45) is 0 Å². The van der Waals surface area contributed by atoms with E-state index in [4.69, 9.17) is 14.2 Å². The summed E-state index contributed by atoms with van der Waals surface area (Å²) in [7, 11) is 1.39. The molecule has 1 aliphatic rings. The fourth-order valence-electron chi connectivity index (χ4n) is 4.62. The molecule has 10 heteroatoms. The summed E-state index contributed by atoms with van der Waals surface area (Å²) in [5.74, 6) is -2.11. The molecular weight excluding hydrogens is 522 g/mol. The molecule has 1 aliphatic carbocycles. The van der Waals surface area contributed by atoms with Gasteiger partial charge in [0.15, 0.2) is 5.82 Å². The molecule has 206 valence electrons. The second-order valence-electron chi connectivity index (χ2n) is 9.40. The molecule has 1 N–H and O–H groups in total. The highest BCUT2D eigenvalue weighted by Gasteiger charge is 2.48. The average molecular weight is 549 g/mol. The monoisotopic (exact) mass is 548 g/mol. The van der Waals surface area contributed by atoms with Gasteiger partial charge in [-0.2, -0.15) is 0 Å². The lowest BCUT2D eigenvalue weighted by Crippen LogP contribution is -2.36. The van der Waals surface area contributed by atoms with Gasteiger partial charge in [-0.15, -0.1) is 0 Å². The highest BCUT2D eigenvalue weighted by atomic mass is 19.1. The lowest BCUT2D eigenvalue weighted by Gasteiger charge is -2.21. The molecule has 0 aliphatic heterocycles. The van der Waals surface area contributed by atoms with Crippen molar-refractivity contribution in [2.45, 2.75) is 31.9 Å². The fraction of sp³-hybridized carbons (Fsp3) is 0.233. The van der Waals surface area contributed by atoms with Crippen LogP contribution in [0.15, 0.2) is 71.7 Å². The Kier molecular flexibility index (Phi) is 7.25. The van der Waals surface area contributed by atoms with E-state index in [2.05, 4.69) is 5.32 Å². The van der Waals surface area contributed by atoms with E-state index in [1.165, 1.54) is 36.1 Å². The molecule has 1 heterocycles. The van der Waals surface area contributed by atoms with Gasteiger partial charge < -0.3 is 24.1 Å². The highest BCUT2D eigenvalue weighted by molar-refractivity contribution is 5.94. The van der Waals surface area contributed by atoms with Crippen molar-refractivity contribution in [1.82, 2.24) is 9.88 Å². The van der Waals surface area contributed by atoms with E-state index < -0.39 is 34.7 Å². The number of aromatic nitrogens is 1. The van der Waals surface area contributed by atoms with Gasteiger partial charge in [-0.25, -0.2) is 18.4 Å². The van der Waals surface area contributed by atoms with Crippen LogP contribution < -0.4 is 15.5 Å². The van der Waals surface area contributed by atoms with Crippen LogP contribution in [0.5, 0.6) is 5.75 Å². The first-order chi connectivity index (χ1) is 19.3. The van der Waals surface area contributed by atoms with Crippen molar-refractivity contribution < 1.29 is 32.6 Å². The van der Waals surface area contributed by atoms with Gasteiger partial charge in [0, 0.05) is 23.2 Å². The number of hydrogen-bond acceptors (Lipinski definition) is 6. The molecular formula is C30H26F2N2O6. The summed E-state index contributed by atoms with van der Waals surface area (Å²) in [6.45, 7) is 1.63. The van der Waals surface area contributed by atoms with Gasteiger partial charge in [-0.05, 0) is 49.6 Å². The predicted octanol–water partition coefficient (Wildman–Crippen LogP) is 5.37. The smallest absolute Gasteiger partial charge is 0.408 e. The number of methoxy groups -OCH3 is 1. The first kappa shape index (κ1) is 26.9. The molecule has 40 heavy (non-hydrogen) atoms. The molecule has 1 amide bonds. The number of fused-ring (bicyclic) bond motifs is 1. The first-order valence-corrected chi connectivity index (χ1v) is 12.7.